The highest BCUT2D eigenvalue weighted by atomic mass is 16.4. The highest BCUT2D eigenvalue weighted by Crippen LogP contribution is 2.02. The Hall–Kier alpha value is -0.810. The van der Waals surface area contributed by atoms with Gasteiger partial charge in [-0.2, -0.15) is 0 Å². The summed E-state index contributed by atoms with van der Waals surface area (Å²) >= 11 is 0. The van der Waals surface area contributed by atoms with Crippen molar-refractivity contribution in [3.8, 4) is 0 Å². The Morgan fingerprint density at radius 3 is 2.50 bits per heavy atom. The van der Waals surface area contributed by atoms with Gasteiger partial charge >= 0.3 is 6.09 Å². The van der Waals surface area contributed by atoms with Crippen molar-refractivity contribution in [3.63, 3.8) is 0 Å². The highest BCUT2D eigenvalue weighted by Gasteiger charge is 2.20. The zero-order valence-electron chi connectivity index (χ0n) is 5.66. The number of rotatable bonds is 3. The van der Waals surface area contributed by atoms with E-state index in [2.05, 4.69) is 0 Å². The highest BCUT2D eigenvalue weighted by molar-refractivity contribution is 5.65. The third-order valence-corrected chi connectivity index (χ3v) is 0.975. The summed E-state index contributed by atoms with van der Waals surface area (Å²) in [5, 5.41) is 27.3. The van der Waals surface area contributed by atoms with Crippen LogP contribution in [-0.4, -0.2) is 33.7 Å². The summed E-state index contributed by atoms with van der Waals surface area (Å²) in [4.78, 5) is 9.94. The summed E-state index contributed by atoms with van der Waals surface area (Å²) < 4.78 is 0. The number of amides is 1. The summed E-state index contributed by atoms with van der Waals surface area (Å²) in [6.45, 7) is 1.02. The van der Waals surface area contributed by atoms with E-state index in [4.69, 9.17) is 15.3 Å². The fraction of sp³-hybridized carbons (Fsp3) is 0.800. The molecule has 4 N–H and O–H groups in total. The van der Waals surface area contributed by atoms with E-state index in [1.54, 1.807) is 0 Å². The Bertz CT molecular complexity index is 123. The number of carbonyl (C=O) groups is 1. The quantitative estimate of drug-likeness (QED) is 0.401. The summed E-state index contributed by atoms with van der Waals surface area (Å²) in [6.07, 6.45) is -1.32. The van der Waals surface area contributed by atoms with Crippen molar-refractivity contribution in [2.75, 3.05) is 6.61 Å². The zero-order chi connectivity index (χ0) is 8.20. The molecule has 0 radical (unpaired) electrons. The Labute approximate surface area is 58.3 Å². The average molecular weight is 149 g/mol. The van der Waals surface area contributed by atoms with Crippen LogP contribution >= 0.6 is 0 Å². The predicted octanol–water partition coefficient (Wildman–Crippen LogP) is -0.655. The minimum Gasteiger partial charge on any atom is -0.465 e. The number of nitrogens with one attached hydrogen (secondary N) is 1. The minimum absolute atomic E-state index is 0.0146. The van der Waals surface area contributed by atoms with Gasteiger partial charge in [0.25, 0.3) is 0 Å². The number of carboxylic acid groups (broad SMARTS) is 1. The van der Waals surface area contributed by atoms with Crippen molar-refractivity contribution >= 4 is 6.09 Å². The summed E-state index contributed by atoms with van der Waals surface area (Å²) in [6, 6.07) is 0. The largest absolute Gasteiger partial charge is 0.465 e. The monoisotopic (exact) mass is 149 g/mol. The molecule has 0 spiro atoms. The van der Waals surface area contributed by atoms with E-state index in [-0.39, 0.29) is 13.0 Å². The first kappa shape index (κ1) is 9.19. The Morgan fingerprint density at radius 2 is 2.20 bits per heavy atom. The lowest BCUT2D eigenvalue weighted by molar-refractivity contribution is 0.00579. The van der Waals surface area contributed by atoms with Gasteiger partial charge in [0.1, 0.15) is 5.72 Å². The van der Waals surface area contributed by atoms with Crippen LogP contribution in [-0.2, 0) is 0 Å². The molecule has 0 rings (SSSR count). The van der Waals surface area contributed by atoms with Crippen molar-refractivity contribution < 1.29 is 20.1 Å². The van der Waals surface area contributed by atoms with Crippen molar-refractivity contribution in [1.29, 1.82) is 0 Å². The van der Waals surface area contributed by atoms with Gasteiger partial charge in [-0.05, 0) is 6.92 Å². The molecule has 0 aromatic carbocycles. The van der Waals surface area contributed by atoms with E-state index < -0.39 is 11.8 Å². The molecule has 5 nitrogen and oxygen atoms in total. The van der Waals surface area contributed by atoms with Crippen LogP contribution in [0, 0.1) is 0 Å². The topological polar surface area (TPSA) is 89.8 Å². The Morgan fingerprint density at radius 1 is 1.70 bits per heavy atom. The van der Waals surface area contributed by atoms with Gasteiger partial charge in [0, 0.05) is 13.0 Å². The molecule has 0 aliphatic heterocycles. The number of hydrogen-bond donors (Lipinski definition) is 4. The van der Waals surface area contributed by atoms with E-state index >= 15 is 0 Å². The molecule has 0 bridgehead atoms. The van der Waals surface area contributed by atoms with Crippen LogP contribution in [0.2, 0.25) is 0 Å². The number of aliphatic hydroxyl groups is 2. The molecule has 0 saturated carbocycles. The van der Waals surface area contributed by atoms with E-state index in [1.165, 1.54) is 6.92 Å². The van der Waals surface area contributed by atoms with Crippen LogP contribution in [0.1, 0.15) is 13.3 Å². The fourth-order valence-electron chi connectivity index (χ4n) is 0.511. The van der Waals surface area contributed by atoms with E-state index in [0.717, 1.165) is 0 Å². The molecule has 0 aromatic heterocycles. The third kappa shape index (κ3) is 4.11. The standard InChI is InChI=1S/C5H11NO4/c1-5(10,2-3-7)6-4(8)9/h6-7,10H,2-3H2,1H3,(H,8,9)/t5-/m1/s1. The van der Waals surface area contributed by atoms with Gasteiger partial charge in [0.15, 0.2) is 0 Å². The molecular weight excluding hydrogens is 138 g/mol. The summed E-state index contributed by atoms with van der Waals surface area (Å²) in [5.41, 5.74) is -1.53. The molecule has 0 aromatic rings. The van der Waals surface area contributed by atoms with Crippen LogP contribution in [0.4, 0.5) is 4.79 Å². The van der Waals surface area contributed by atoms with Crippen molar-refractivity contribution in [2.24, 2.45) is 0 Å². The van der Waals surface area contributed by atoms with E-state index in [1.807, 2.05) is 5.32 Å². The first-order valence-electron chi connectivity index (χ1n) is 2.82. The third-order valence-electron chi connectivity index (χ3n) is 0.975. The molecule has 0 heterocycles. The van der Waals surface area contributed by atoms with Crippen LogP contribution in [0.3, 0.4) is 0 Å². The molecule has 1 amide bonds. The molecule has 0 saturated heterocycles. The second-order valence-corrected chi connectivity index (χ2v) is 2.18. The first-order valence-corrected chi connectivity index (χ1v) is 2.82. The lowest BCUT2D eigenvalue weighted by Gasteiger charge is -2.21. The first-order chi connectivity index (χ1) is 4.48. The maximum atomic E-state index is 9.94. The molecule has 0 unspecified atom stereocenters. The Kier molecular flexibility index (Phi) is 3.11. The molecular formula is C5H11NO4. The van der Waals surface area contributed by atoms with E-state index in [0.29, 0.717) is 0 Å². The van der Waals surface area contributed by atoms with Crippen LogP contribution in [0.25, 0.3) is 0 Å². The molecule has 60 valence electrons. The van der Waals surface area contributed by atoms with Gasteiger partial charge < -0.3 is 15.3 Å². The minimum atomic E-state index is -1.53. The van der Waals surface area contributed by atoms with Gasteiger partial charge in [-0.3, -0.25) is 5.32 Å². The second kappa shape index (κ2) is 3.38. The SMILES string of the molecule is C[C@@](O)(CCO)NC(=O)O. The Balaban J connectivity index is 3.74. The average Bonchev–Trinajstić information content (AvgIpc) is 1.59. The molecule has 0 aliphatic rings. The zero-order valence-corrected chi connectivity index (χ0v) is 5.66. The van der Waals surface area contributed by atoms with E-state index in [9.17, 15) is 4.79 Å². The van der Waals surface area contributed by atoms with Crippen LogP contribution in [0.15, 0.2) is 0 Å². The fourth-order valence-corrected chi connectivity index (χ4v) is 0.511. The van der Waals surface area contributed by atoms with Crippen LogP contribution < -0.4 is 5.32 Å². The van der Waals surface area contributed by atoms with Gasteiger partial charge in [0.2, 0.25) is 0 Å². The van der Waals surface area contributed by atoms with Gasteiger partial charge in [-0.15, -0.1) is 0 Å². The predicted molar refractivity (Wildman–Crippen MR) is 33.5 cm³/mol. The van der Waals surface area contributed by atoms with Crippen molar-refractivity contribution in [3.05, 3.63) is 0 Å². The molecule has 0 fully saturated rings. The maximum absolute atomic E-state index is 9.94. The molecule has 5 heteroatoms. The lowest BCUT2D eigenvalue weighted by Crippen LogP contribution is -2.45. The van der Waals surface area contributed by atoms with Crippen molar-refractivity contribution in [1.82, 2.24) is 5.32 Å². The number of aliphatic hydroxyl groups excluding tert-OH is 1. The molecule has 10 heavy (non-hydrogen) atoms. The normalized spacial score (nSPS) is 15.9. The van der Waals surface area contributed by atoms with Gasteiger partial charge in [-0.1, -0.05) is 0 Å². The summed E-state index contributed by atoms with van der Waals surface area (Å²) in [5.74, 6) is 0. The molecule has 1 atom stereocenters. The summed E-state index contributed by atoms with van der Waals surface area (Å²) in [7, 11) is 0. The smallest absolute Gasteiger partial charge is 0.406 e. The lowest BCUT2D eigenvalue weighted by atomic mass is 10.2. The maximum Gasteiger partial charge on any atom is 0.406 e. The van der Waals surface area contributed by atoms with Gasteiger partial charge in [-0.25, -0.2) is 4.79 Å². The number of hydrogen-bond acceptors (Lipinski definition) is 3. The van der Waals surface area contributed by atoms with Gasteiger partial charge in [0.05, 0.1) is 0 Å². The molecule has 0 aliphatic carbocycles. The van der Waals surface area contributed by atoms with Crippen LogP contribution in [0.5, 0.6) is 0 Å². The van der Waals surface area contributed by atoms with Crippen molar-refractivity contribution in [2.45, 2.75) is 19.1 Å². The second-order valence-electron chi connectivity index (χ2n) is 2.18.